The van der Waals surface area contributed by atoms with E-state index in [9.17, 15) is 25.0 Å². The van der Waals surface area contributed by atoms with Crippen LogP contribution in [0.4, 0.5) is 11.5 Å². The predicted octanol–water partition coefficient (Wildman–Crippen LogP) is 3.67. The molecule has 1 heterocycles. The molecule has 0 bridgehead atoms. The zero-order chi connectivity index (χ0) is 22.5. The van der Waals surface area contributed by atoms with Crippen molar-refractivity contribution in [2.75, 3.05) is 11.9 Å². The van der Waals surface area contributed by atoms with E-state index >= 15 is 0 Å². The number of carbonyl (C=O) groups excluding carboxylic acids is 2. The second-order valence-electron chi connectivity index (χ2n) is 6.62. The van der Waals surface area contributed by atoms with Crippen molar-refractivity contribution in [2.24, 2.45) is 0 Å². The monoisotopic (exact) mass is 418 g/mol. The summed E-state index contributed by atoms with van der Waals surface area (Å²) in [6.45, 7) is 2.93. The van der Waals surface area contributed by atoms with Gasteiger partial charge in [0, 0.05) is 17.4 Å². The number of nitriles is 1. The van der Waals surface area contributed by atoms with Gasteiger partial charge in [0.25, 0.3) is 11.6 Å². The minimum absolute atomic E-state index is 0.252. The van der Waals surface area contributed by atoms with Gasteiger partial charge in [0.05, 0.1) is 10.5 Å². The third-order valence-corrected chi connectivity index (χ3v) is 4.75. The summed E-state index contributed by atoms with van der Waals surface area (Å²) in [5, 5.41) is 23.3. The Kier molecular flexibility index (Phi) is 6.12. The smallest absolute Gasteiger partial charge is 0.345 e. The number of hydrogen-bond acceptors (Lipinski definition) is 6. The number of carbonyl (C=O) groups is 2. The molecule has 0 aliphatic rings. The fourth-order valence-corrected chi connectivity index (χ4v) is 3.14. The average molecular weight is 418 g/mol. The van der Waals surface area contributed by atoms with E-state index in [0.717, 1.165) is 11.4 Å². The average Bonchev–Trinajstić information content (AvgIpc) is 3.01. The first-order valence-corrected chi connectivity index (χ1v) is 9.23. The van der Waals surface area contributed by atoms with Gasteiger partial charge in [0.1, 0.15) is 17.5 Å². The molecule has 9 nitrogen and oxygen atoms in total. The van der Waals surface area contributed by atoms with E-state index in [4.69, 9.17) is 4.74 Å². The Bertz CT molecular complexity index is 1210. The number of aromatic nitrogens is 1. The van der Waals surface area contributed by atoms with Gasteiger partial charge < -0.3 is 10.1 Å². The number of esters is 1. The standard InChI is InChI=1S/C22H18N4O5/c1-14-15(2)25(16-8-4-3-5-9-16)21(18(14)12-23)24-20(27)13-31-22(28)17-10-6-7-11-19(17)26(29)30/h3-11H,13H2,1-2H3,(H,24,27). The van der Waals surface area contributed by atoms with Crippen LogP contribution in [0.15, 0.2) is 54.6 Å². The van der Waals surface area contributed by atoms with Crippen molar-refractivity contribution in [2.45, 2.75) is 13.8 Å². The third kappa shape index (κ3) is 4.28. The zero-order valence-corrected chi connectivity index (χ0v) is 16.8. The Morgan fingerprint density at radius 3 is 2.42 bits per heavy atom. The number of nitrogens with one attached hydrogen (secondary N) is 1. The molecule has 0 saturated heterocycles. The predicted molar refractivity (Wildman–Crippen MR) is 112 cm³/mol. The highest BCUT2D eigenvalue weighted by Crippen LogP contribution is 2.30. The van der Waals surface area contributed by atoms with Crippen LogP contribution in [0.3, 0.4) is 0 Å². The van der Waals surface area contributed by atoms with Crippen LogP contribution in [0, 0.1) is 35.3 Å². The summed E-state index contributed by atoms with van der Waals surface area (Å²) in [6, 6.07) is 16.6. The normalized spacial score (nSPS) is 10.2. The first-order chi connectivity index (χ1) is 14.8. The fraction of sp³-hybridized carbons (Fsp3) is 0.136. The van der Waals surface area contributed by atoms with E-state index in [0.29, 0.717) is 11.1 Å². The molecule has 9 heteroatoms. The molecule has 0 radical (unpaired) electrons. The van der Waals surface area contributed by atoms with E-state index < -0.39 is 29.1 Å². The molecule has 0 unspecified atom stereocenters. The summed E-state index contributed by atoms with van der Waals surface area (Å²) in [7, 11) is 0. The molecule has 0 aliphatic carbocycles. The van der Waals surface area contributed by atoms with Crippen LogP contribution in [-0.4, -0.2) is 28.0 Å². The van der Waals surface area contributed by atoms with E-state index in [1.54, 1.807) is 11.5 Å². The number of anilines is 1. The molecule has 1 N–H and O–H groups in total. The van der Waals surface area contributed by atoms with E-state index in [1.807, 2.05) is 37.3 Å². The molecule has 31 heavy (non-hydrogen) atoms. The molecule has 0 aliphatic heterocycles. The molecule has 156 valence electrons. The molecule has 1 aromatic heterocycles. The lowest BCUT2D eigenvalue weighted by molar-refractivity contribution is -0.385. The molecule has 0 atom stereocenters. The molecular weight excluding hydrogens is 400 g/mol. The first kappa shape index (κ1) is 21.3. The zero-order valence-electron chi connectivity index (χ0n) is 16.8. The van der Waals surface area contributed by atoms with Gasteiger partial charge in [-0.3, -0.25) is 19.5 Å². The molecule has 0 fully saturated rings. The van der Waals surface area contributed by atoms with Gasteiger partial charge in [-0.25, -0.2) is 4.79 Å². The van der Waals surface area contributed by atoms with Crippen molar-refractivity contribution in [3.63, 3.8) is 0 Å². The Labute approximate surface area is 177 Å². The second kappa shape index (κ2) is 8.92. The number of rotatable bonds is 6. The Balaban J connectivity index is 1.82. The lowest BCUT2D eigenvalue weighted by Crippen LogP contribution is -2.23. The maximum Gasteiger partial charge on any atom is 0.345 e. The van der Waals surface area contributed by atoms with Crippen LogP contribution in [0.2, 0.25) is 0 Å². The molecular formula is C22H18N4O5. The van der Waals surface area contributed by atoms with Gasteiger partial charge in [0.2, 0.25) is 0 Å². The van der Waals surface area contributed by atoms with Crippen molar-refractivity contribution in [1.29, 1.82) is 5.26 Å². The summed E-state index contributed by atoms with van der Waals surface area (Å²) in [6.07, 6.45) is 0. The maximum absolute atomic E-state index is 12.5. The van der Waals surface area contributed by atoms with Crippen LogP contribution < -0.4 is 5.32 Å². The lowest BCUT2D eigenvalue weighted by Gasteiger charge is -2.13. The van der Waals surface area contributed by atoms with Crippen molar-refractivity contribution >= 4 is 23.4 Å². The number of nitrogens with zero attached hydrogens (tertiary/aromatic N) is 3. The van der Waals surface area contributed by atoms with Crippen LogP contribution >= 0.6 is 0 Å². The van der Waals surface area contributed by atoms with Crippen LogP contribution in [0.1, 0.15) is 27.2 Å². The summed E-state index contributed by atoms with van der Waals surface area (Å²) in [4.78, 5) is 35.1. The van der Waals surface area contributed by atoms with Crippen LogP contribution in [0.5, 0.6) is 0 Å². The topological polar surface area (TPSA) is 127 Å². The number of amides is 1. The van der Waals surface area contributed by atoms with Crippen molar-refractivity contribution in [3.05, 3.63) is 87.1 Å². The molecule has 0 spiro atoms. The summed E-state index contributed by atoms with van der Waals surface area (Å²) >= 11 is 0. The van der Waals surface area contributed by atoms with Crippen molar-refractivity contribution in [3.8, 4) is 11.8 Å². The number of hydrogen-bond donors (Lipinski definition) is 1. The molecule has 0 saturated carbocycles. The van der Waals surface area contributed by atoms with Gasteiger partial charge in [-0.2, -0.15) is 5.26 Å². The summed E-state index contributed by atoms with van der Waals surface area (Å²) in [5.74, 6) is -1.41. The van der Waals surface area contributed by atoms with Gasteiger partial charge in [-0.05, 0) is 37.6 Å². The first-order valence-electron chi connectivity index (χ1n) is 9.23. The highest BCUT2D eigenvalue weighted by molar-refractivity contribution is 5.98. The number of ether oxygens (including phenoxy) is 1. The fourth-order valence-electron chi connectivity index (χ4n) is 3.14. The second-order valence-corrected chi connectivity index (χ2v) is 6.62. The summed E-state index contributed by atoms with van der Waals surface area (Å²) in [5.41, 5.74) is 1.85. The molecule has 3 aromatic rings. The Hall–Kier alpha value is -4.45. The lowest BCUT2D eigenvalue weighted by atomic mass is 10.2. The number of para-hydroxylation sites is 2. The maximum atomic E-state index is 12.5. The largest absolute Gasteiger partial charge is 0.452 e. The number of nitro benzene ring substituents is 1. The van der Waals surface area contributed by atoms with Crippen LogP contribution in [-0.2, 0) is 9.53 Å². The van der Waals surface area contributed by atoms with E-state index in [2.05, 4.69) is 11.4 Å². The number of nitro groups is 1. The highest BCUT2D eigenvalue weighted by Gasteiger charge is 2.23. The van der Waals surface area contributed by atoms with Crippen molar-refractivity contribution in [1.82, 2.24) is 4.57 Å². The Morgan fingerprint density at radius 2 is 1.77 bits per heavy atom. The number of benzene rings is 2. The highest BCUT2D eigenvalue weighted by atomic mass is 16.6. The SMILES string of the molecule is Cc1c(C#N)c(NC(=O)COC(=O)c2ccccc2[N+](=O)[O-])n(-c2ccccc2)c1C. The van der Waals surface area contributed by atoms with Crippen LogP contribution in [0.25, 0.3) is 5.69 Å². The molecule has 1 amide bonds. The van der Waals surface area contributed by atoms with E-state index in [-0.39, 0.29) is 11.4 Å². The third-order valence-electron chi connectivity index (χ3n) is 4.75. The van der Waals surface area contributed by atoms with Gasteiger partial charge in [-0.1, -0.05) is 30.3 Å². The van der Waals surface area contributed by atoms with Gasteiger partial charge >= 0.3 is 5.97 Å². The minimum Gasteiger partial charge on any atom is -0.452 e. The summed E-state index contributed by atoms with van der Waals surface area (Å²) < 4.78 is 6.69. The minimum atomic E-state index is -0.992. The molecule has 3 rings (SSSR count). The van der Waals surface area contributed by atoms with Gasteiger partial charge in [-0.15, -0.1) is 0 Å². The quantitative estimate of drug-likeness (QED) is 0.370. The molecule has 2 aromatic carbocycles. The van der Waals surface area contributed by atoms with Crippen molar-refractivity contribution < 1.29 is 19.2 Å². The van der Waals surface area contributed by atoms with E-state index in [1.165, 1.54) is 24.3 Å². The Morgan fingerprint density at radius 1 is 1.13 bits per heavy atom. The van der Waals surface area contributed by atoms with Gasteiger partial charge in [0.15, 0.2) is 6.61 Å².